The first-order valence-electron chi connectivity index (χ1n) is 5.19. The first-order chi connectivity index (χ1) is 7.03. The fraction of sp³-hybridized carbons (Fsp3) is 0.500. The van der Waals surface area contributed by atoms with E-state index in [1.165, 1.54) is 0 Å². The third-order valence-electron chi connectivity index (χ3n) is 2.49. The van der Waals surface area contributed by atoms with Gasteiger partial charge in [-0.05, 0) is 12.5 Å². The van der Waals surface area contributed by atoms with Gasteiger partial charge in [0.2, 0.25) is 5.79 Å². The molecule has 82 valence electrons. The number of para-hydroxylation sites is 1. The highest BCUT2D eigenvalue weighted by Crippen LogP contribution is 2.43. The minimum atomic E-state index is -0.599. The van der Waals surface area contributed by atoms with Crippen LogP contribution < -0.4 is 4.74 Å². The average Bonchev–Trinajstić information content (AvgIpc) is 2.17. The standard InChI is InChI=1S/C12H15ClO2/c1-4-10-8-6-5-7-9(13)11(8)15-12(2,3)14-10/h5-7,10H,4H2,1-3H3. The van der Waals surface area contributed by atoms with Crippen molar-refractivity contribution < 1.29 is 9.47 Å². The normalized spacial score (nSPS) is 23.1. The smallest absolute Gasteiger partial charge is 0.205 e. The van der Waals surface area contributed by atoms with Gasteiger partial charge in [0.15, 0.2) is 0 Å². The Balaban J connectivity index is 2.49. The maximum absolute atomic E-state index is 6.11. The lowest BCUT2D eigenvalue weighted by atomic mass is 10.0. The van der Waals surface area contributed by atoms with Crippen LogP contribution in [0.2, 0.25) is 5.02 Å². The van der Waals surface area contributed by atoms with Gasteiger partial charge in [-0.25, -0.2) is 0 Å². The van der Waals surface area contributed by atoms with Crippen molar-refractivity contribution in [3.63, 3.8) is 0 Å². The fourth-order valence-corrected chi connectivity index (χ4v) is 2.09. The van der Waals surface area contributed by atoms with Crippen LogP contribution in [0.15, 0.2) is 18.2 Å². The molecule has 2 rings (SSSR count). The average molecular weight is 227 g/mol. The lowest BCUT2D eigenvalue weighted by Gasteiger charge is -2.37. The third-order valence-corrected chi connectivity index (χ3v) is 2.79. The highest BCUT2D eigenvalue weighted by molar-refractivity contribution is 6.32. The van der Waals surface area contributed by atoms with E-state index < -0.39 is 5.79 Å². The molecule has 3 heteroatoms. The summed E-state index contributed by atoms with van der Waals surface area (Å²) in [6.45, 7) is 5.90. The van der Waals surface area contributed by atoms with Gasteiger partial charge in [-0.15, -0.1) is 0 Å². The summed E-state index contributed by atoms with van der Waals surface area (Å²) in [5.41, 5.74) is 1.05. The van der Waals surface area contributed by atoms with Crippen molar-refractivity contribution in [1.29, 1.82) is 0 Å². The predicted octanol–water partition coefficient (Wildman–Crippen LogP) is 3.94. The summed E-state index contributed by atoms with van der Waals surface area (Å²) in [6.07, 6.45) is 0.989. The van der Waals surface area contributed by atoms with E-state index >= 15 is 0 Å². The second kappa shape index (κ2) is 3.69. The molecule has 0 aliphatic carbocycles. The Morgan fingerprint density at radius 1 is 1.40 bits per heavy atom. The monoisotopic (exact) mass is 226 g/mol. The molecule has 1 heterocycles. The van der Waals surface area contributed by atoms with E-state index in [-0.39, 0.29) is 6.10 Å². The summed E-state index contributed by atoms with van der Waals surface area (Å²) in [6, 6.07) is 5.77. The zero-order valence-electron chi connectivity index (χ0n) is 9.21. The number of rotatable bonds is 1. The molecule has 1 atom stereocenters. The molecule has 15 heavy (non-hydrogen) atoms. The number of ether oxygens (including phenoxy) is 2. The largest absolute Gasteiger partial charge is 0.461 e. The van der Waals surface area contributed by atoms with E-state index in [1.54, 1.807) is 0 Å². The Hall–Kier alpha value is -0.730. The lowest BCUT2D eigenvalue weighted by Crippen LogP contribution is -2.37. The van der Waals surface area contributed by atoms with Gasteiger partial charge in [0.25, 0.3) is 0 Å². The molecule has 0 saturated carbocycles. The van der Waals surface area contributed by atoms with Crippen LogP contribution in [-0.2, 0) is 4.74 Å². The van der Waals surface area contributed by atoms with E-state index in [2.05, 4.69) is 6.92 Å². The Morgan fingerprint density at radius 3 is 2.80 bits per heavy atom. The molecular formula is C12H15ClO2. The number of hydrogen-bond acceptors (Lipinski definition) is 2. The maximum atomic E-state index is 6.11. The first kappa shape index (κ1) is 10.8. The number of halogens is 1. The van der Waals surface area contributed by atoms with E-state index in [4.69, 9.17) is 21.1 Å². The Bertz CT molecular complexity index is 374. The SMILES string of the molecule is CCC1OC(C)(C)Oc2c(Cl)cccc21. The van der Waals surface area contributed by atoms with Gasteiger partial charge >= 0.3 is 0 Å². The zero-order chi connectivity index (χ0) is 11.1. The van der Waals surface area contributed by atoms with Crippen molar-refractivity contribution in [3.05, 3.63) is 28.8 Å². The fourth-order valence-electron chi connectivity index (χ4n) is 1.87. The molecule has 1 aromatic rings. The summed E-state index contributed by atoms with van der Waals surface area (Å²) in [5.74, 6) is 0.167. The van der Waals surface area contributed by atoms with Gasteiger partial charge in [-0.3, -0.25) is 0 Å². The van der Waals surface area contributed by atoms with Crippen LogP contribution in [0.5, 0.6) is 5.75 Å². The highest BCUT2D eigenvalue weighted by Gasteiger charge is 2.34. The predicted molar refractivity (Wildman–Crippen MR) is 60.3 cm³/mol. The summed E-state index contributed by atoms with van der Waals surface area (Å²) in [4.78, 5) is 0. The number of hydrogen-bond donors (Lipinski definition) is 0. The molecule has 1 aliphatic rings. The molecular weight excluding hydrogens is 212 g/mol. The summed E-state index contributed by atoms with van der Waals surface area (Å²) < 4.78 is 11.6. The summed E-state index contributed by atoms with van der Waals surface area (Å²) >= 11 is 6.11. The highest BCUT2D eigenvalue weighted by atomic mass is 35.5. The molecule has 0 bridgehead atoms. The van der Waals surface area contributed by atoms with Gasteiger partial charge < -0.3 is 9.47 Å². The van der Waals surface area contributed by atoms with Crippen molar-refractivity contribution in [3.8, 4) is 5.75 Å². The quantitative estimate of drug-likeness (QED) is 0.722. The third kappa shape index (κ3) is 1.97. The van der Waals surface area contributed by atoms with Crippen LogP contribution >= 0.6 is 11.6 Å². The van der Waals surface area contributed by atoms with E-state index in [0.29, 0.717) is 5.02 Å². The second-order valence-corrected chi connectivity index (χ2v) is 4.58. The van der Waals surface area contributed by atoms with Gasteiger partial charge in [0.1, 0.15) is 5.75 Å². The molecule has 0 radical (unpaired) electrons. The van der Waals surface area contributed by atoms with Crippen LogP contribution in [0.1, 0.15) is 38.9 Å². The summed E-state index contributed by atoms with van der Waals surface area (Å²) in [5, 5.41) is 0.655. The van der Waals surface area contributed by atoms with Gasteiger partial charge in [-0.1, -0.05) is 30.7 Å². The van der Waals surface area contributed by atoms with Crippen LogP contribution in [0.3, 0.4) is 0 Å². The van der Waals surface area contributed by atoms with Crippen LogP contribution in [0.25, 0.3) is 0 Å². The van der Waals surface area contributed by atoms with Gasteiger partial charge in [-0.2, -0.15) is 0 Å². The molecule has 0 aromatic heterocycles. The van der Waals surface area contributed by atoms with Crippen LogP contribution in [0.4, 0.5) is 0 Å². The van der Waals surface area contributed by atoms with Gasteiger partial charge in [0, 0.05) is 19.4 Å². The van der Waals surface area contributed by atoms with Crippen molar-refractivity contribution >= 4 is 11.6 Å². The lowest BCUT2D eigenvalue weighted by molar-refractivity contribution is -0.207. The summed E-state index contributed by atoms with van der Waals surface area (Å²) in [7, 11) is 0. The first-order valence-corrected chi connectivity index (χ1v) is 5.56. The molecule has 0 fully saturated rings. The topological polar surface area (TPSA) is 18.5 Å². The molecule has 0 amide bonds. The van der Waals surface area contributed by atoms with Crippen molar-refractivity contribution in [1.82, 2.24) is 0 Å². The van der Waals surface area contributed by atoms with Crippen molar-refractivity contribution in [2.45, 2.75) is 39.1 Å². The Labute approximate surface area is 95.1 Å². The molecule has 2 nitrogen and oxygen atoms in total. The van der Waals surface area contributed by atoms with E-state index in [9.17, 15) is 0 Å². The Morgan fingerprint density at radius 2 is 2.13 bits per heavy atom. The maximum Gasteiger partial charge on any atom is 0.205 e. The van der Waals surface area contributed by atoms with Crippen molar-refractivity contribution in [2.75, 3.05) is 0 Å². The minimum absolute atomic E-state index is 0.0717. The number of fused-ring (bicyclic) bond motifs is 1. The minimum Gasteiger partial charge on any atom is -0.461 e. The second-order valence-electron chi connectivity index (χ2n) is 4.17. The van der Waals surface area contributed by atoms with Crippen molar-refractivity contribution in [2.24, 2.45) is 0 Å². The van der Waals surface area contributed by atoms with E-state index in [1.807, 2.05) is 32.0 Å². The van der Waals surface area contributed by atoms with E-state index in [0.717, 1.165) is 17.7 Å². The molecule has 0 spiro atoms. The molecule has 0 N–H and O–H groups in total. The number of benzene rings is 1. The molecule has 1 unspecified atom stereocenters. The molecule has 1 aliphatic heterocycles. The Kier molecular flexibility index (Phi) is 2.65. The molecule has 0 saturated heterocycles. The van der Waals surface area contributed by atoms with Crippen LogP contribution in [-0.4, -0.2) is 5.79 Å². The molecule has 1 aromatic carbocycles. The zero-order valence-corrected chi connectivity index (χ0v) is 9.97. The van der Waals surface area contributed by atoms with Crippen LogP contribution in [0, 0.1) is 0 Å². The van der Waals surface area contributed by atoms with Gasteiger partial charge in [0.05, 0.1) is 11.1 Å².